The Bertz CT molecular complexity index is 616. The minimum Gasteiger partial charge on any atom is -0.412 e. The fourth-order valence-corrected chi connectivity index (χ4v) is 2.57. The lowest BCUT2D eigenvalue weighted by Crippen LogP contribution is -2.40. The first-order chi connectivity index (χ1) is 8.90. The van der Waals surface area contributed by atoms with E-state index in [2.05, 4.69) is 59.4 Å². The van der Waals surface area contributed by atoms with Gasteiger partial charge in [-0.3, -0.25) is 0 Å². The molecule has 0 N–H and O–H groups in total. The van der Waals surface area contributed by atoms with Crippen LogP contribution in [-0.2, 0) is 0 Å². The van der Waals surface area contributed by atoms with Crippen molar-refractivity contribution >= 4 is 18.6 Å². The van der Waals surface area contributed by atoms with E-state index < -0.39 is 0 Å². The zero-order valence-electron chi connectivity index (χ0n) is 10.1. The van der Waals surface area contributed by atoms with Crippen LogP contribution in [0.2, 0.25) is 0 Å². The predicted molar refractivity (Wildman–Crippen MR) is 76.2 cm³/mol. The molecule has 0 saturated heterocycles. The number of nitrogens with zero attached hydrogens (tertiary/aromatic N) is 2. The zero-order chi connectivity index (χ0) is 12.4. The Balaban J connectivity index is 2.09. The van der Waals surface area contributed by atoms with Crippen LogP contribution in [0.4, 0.5) is 5.69 Å². The van der Waals surface area contributed by atoms with Crippen LogP contribution in [0.3, 0.4) is 0 Å². The third-order valence-corrected chi connectivity index (χ3v) is 3.41. The molecule has 0 saturated carbocycles. The van der Waals surface area contributed by atoms with Gasteiger partial charge < -0.3 is 4.81 Å². The topological polar surface area (TPSA) is 27.0 Å². The summed E-state index contributed by atoms with van der Waals surface area (Å²) in [7, 11) is 0.898. The molecule has 3 rings (SSSR count). The predicted octanol–water partition coefficient (Wildman–Crippen LogP) is 2.06. The van der Waals surface area contributed by atoms with Gasteiger partial charge in [0.25, 0.3) is 7.41 Å². The van der Waals surface area contributed by atoms with Crippen LogP contribution in [0.5, 0.6) is 0 Å². The first-order valence-electron chi connectivity index (χ1n) is 6.19. The first kappa shape index (κ1) is 10.9. The van der Waals surface area contributed by atoms with E-state index in [-0.39, 0.29) is 0 Å². The fourth-order valence-electron chi connectivity index (χ4n) is 2.57. The molecule has 2 aromatic rings. The van der Waals surface area contributed by atoms with Gasteiger partial charge in [0.2, 0.25) is 0 Å². The van der Waals surface area contributed by atoms with Crippen molar-refractivity contribution in [1.82, 2.24) is 0 Å². The number of rotatable bonds is 2. The summed E-state index contributed by atoms with van der Waals surface area (Å²) in [6.45, 7) is 0.793. The summed E-state index contributed by atoms with van der Waals surface area (Å²) in [5, 5.41) is 8.76. The Morgan fingerprint density at radius 3 is 2.56 bits per heavy atom. The zero-order valence-corrected chi connectivity index (χ0v) is 10.1. The van der Waals surface area contributed by atoms with Crippen molar-refractivity contribution in [2.45, 2.75) is 6.42 Å². The van der Waals surface area contributed by atoms with Crippen LogP contribution in [-0.4, -0.2) is 14.0 Å². The van der Waals surface area contributed by atoms with E-state index in [4.69, 9.17) is 5.26 Å². The molecule has 1 aliphatic heterocycles. The Hall–Kier alpha value is -2.21. The van der Waals surface area contributed by atoms with Crippen LogP contribution in [0.15, 0.2) is 48.5 Å². The molecule has 0 aliphatic carbocycles. The molecule has 0 fully saturated rings. The van der Waals surface area contributed by atoms with Crippen molar-refractivity contribution in [3.63, 3.8) is 0 Å². The first-order valence-corrected chi connectivity index (χ1v) is 6.19. The maximum atomic E-state index is 8.76. The summed E-state index contributed by atoms with van der Waals surface area (Å²) < 4.78 is 0. The number of fused-ring (bicyclic) bond motifs is 3. The third-order valence-electron chi connectivity index (χ3n) is 3.41. The van der Waals surface area contributed by atoms with E-state index in [0.717, 1.165) is 14.0 Å². The van der Waals surface area contributed by atoms with E-state index >= 15 is 0 Å². The summed E-state index contributed by atoms with van der Waals surface area (Å²) in [5.41, 5.74) is 5.18. The molecule has 1 heterocycles. The molecule has 0 spiro atoms. The standard InChI is InChI=1S/C15H13BN2/c17-10-5-11-18-15-9-4-2-7-13(15)12-6-1-3-8-14(12)16-18/h1-4,6-9,16H,5,11H2. The summed E-state index contributed by atoms with van der Waals surface area (Å²) in [6.07, 6.45) is 0.566. The van der Waals surface area contributed by atoms with Gasteiger partial charge in [0.15, 0.2) is 0 Å². The minimum atomic E-state index is 0.566. The number of para-hydroxylation sites is 1. The second-order valence-corrected chi connectivity index (χ2v) is 4.50. The molecule has 18 heavy (non-hydrogen) atoms. The SMILES string of the molecule is N#CCCN1Bc2ccccc2-c2ccccc21. The Kier molecular flexibility index (Phi) is 2.78. The molecule has 0 amide bonds. The van der Waals surface area contributed by atoms with Gasteiger partial charge in [-0.15, -0.1) is 0 Å². The van der Waals surface area contributed by atoms with Crippen LogP contribution < -0.4 is 10.3 Å². The molecule has 0 aromatic heterocycles. The lowest BCUT2D eigenvalue weighted by molar-refractivity contribution is 0.993. The van der Waals surface area contributed by atoms with Gasteiger partial charge in [-0.05, 0) is 11.6 Å². The van der Waals surface area contributed by atoms with Crippen molar-refractivity contribution in [3.8, 4) is 17.2 Å². The Labute approximate surface area is 108 Å². The number of anilines is 1. The van der Waals surface area contributed by atoms with Crippen molar-refractivity contribution in [2.75, 3.05) is 11.4 Å². The molecular weight excluding hydrogens is 219 g/mol. The lowest BCUT2D eigenvalue weighted by atomic mass is 9.71. The van der Waals surface area contributed by atoms with Crippen molar-refractivity contribution in [3.05, 3.63) is 48.5 Å². The van der Waals surface area contributed by atoms with E-state index in [1.807, 2.05) is 0 Å². The normalized spacial score (nSPS) is 12.1. The maximum Gasteiger partial charge on any atom is 0.270 e. The average molecular weight is 232 g/mol. The molecule has 0 atom stereocenters. The molecule has 2 nitrogen and oxygen atoms in total. The molecule has 1 aliphatic rings. The van der Waals surface area contributed by atoms with Gasteiger partial charge >= 0.3 is 0 Å². The second-order valence-electron chi connectivity index (χ2n) is 4.50. The smallest absolute Gasteiger partial charge is 0.270 e. The Morgan fingerprint density at radius 1 is 1.00 bits per heavy atom. The van der Waals surface area contributed by atoms with Crippen LogP contribution in [0.1, 0.15) is 6.42 Å². The number of nitriles is 1. The van der Waals surface area contributed by atoms with E-state index in [1.165, 1.54) is 22.3 Å². The highest BCUT2D eigenvalue weighted by Gasteiger charge is 2.21. The van der Waals surface area contributed by atoms with Gasteiger partial charge in [0, 0.05) is 17.8 Å². The van der Waals surface area contributed by atoms with Gasteiger partial charge in [-0.1, -0.05) is 47.9 Å². The van der Waals surface area contributed by atoms with E-state index in [0.29, 0.717) is 6.42 Å². The highest BCUT2D eigenvalue weighted by molar-refractivity contribution is 6.61. The Morgan fingerprint density at radius 2 is 1.72 bits per heavy atom. The van der Waals surface area contributed by atoms with E-state index in [1.54, 1.807) is 0 Å². The van der Waals surface area contributed by atoms with Gasteiger partial charge in [0.05, 0.1) is 12.5 Å². The molecule has 0 bridgehead atoms. The summed E-state index contributed by atoms with van der Waals surface area (Å²) in [4.78, 5) is 2.29. The van der Waals surface area contributed by atoms with Gasteiger partial charge in [-0.25, -0.2) is 0 Å². The van der Waals surface area contributed by atoms with E-state index in [9.17, 15) is 0 Å². The van der Waals surface area contributed by atoms with Gasteiger partial charge in [0.1, 0.15) is 0 Å². The average Bonchev–Trinajstić information content (AvgIpc) is 2.45. The summed E-state index contributed by atoms with van der Waals surface area (Å²) in [6, 6.07) is 19.2. The number of benzene rings is 2. The number of hydrogen-bond acceptors (Lipinski definition) is 2. The quantitative estimate of drug-likeness (QED) is 0.741. The van der Waals surface area contributed by atoms with Crippen LogP contribution in [0.25, 0.3) is 11.1 Å². The lowest BCUT2D eigenvalue weighted by Gasteiger charge is -2.31. The molecular formula is C15H13BN2. The summed E-state index contributed by atoms with van der Waals surface area (Å²) >= 11 is 0. The number of hydrogen-bond donors (Lipinski definition) is 0. The molecule has 0 radical (unpaired) electrons. The summed E-state index contributed by atoms with van der Waals surface area (Å²) in [5.74, 6) is 0. The van der Waals surface area contributed by atoms with Crippen LogP contribution in [0, 0.1) is 11.3 Å². The van der Waals surface area contributed by atoms with Crippen LogP contribution >= 0.6 is 0 Å². The minimum absolute atomic E-state index is 0.566. The highest BCUT2D eigenvalue weighted by atomic mass is 15.1. The third kappa shape index (κ3) is 1.76. The molecule has 2 aromatic carbocycles. The largest absolute Gasteiger partial charge is 0.412 e. The molecule has 86 valence electrons. The monoisotopic (exact) mass is 232 g/mol. The second kappa shape index (κ2) is 4.58. The molecule has 3 heteroatoms. The van der Waals surface area contributed by atoms with Crippen molar-refractivity contribution in [2.24, 2.45) is 0 Å². The van der Waals surface area contributed by atoms with Gasteiger partial charge in [-0.2, -0.15) is 5.26 Å². The maximum absolute atomic E-state index is 8.76. The molecule has 0 unspecified atom stereocenters. The highest BCUT2D eigenvalue weighted by Crippen LogP contribution is 2.32. The van der Waals surface area contributed by atoms with Crippen molar-refractivity contribution < 1.29 is 0 Å². The van der Waals surface area contributed by atoms with Crippen molar-refractivity contribution in [1.29, 1.82) is 5.26 Å². The fraction of sp³-hybridized carbons (Fsp3) is 0.133.